The fraction of sp³-hybridized carbons (Fsp3) is 0.462. The van der Waals surface area contributed by atoms with Gasteiger partial charge >= 0.3 is 0 Å². The molecule has 4 heteroatoms. The van der Waals surface area contributed by atoms with Gasteiger partial charge in [0, 0.05) is 31.1 Å². The molecule has 1 fully saturated rings. The molecule has 2 nitrogen and oxygen atoms in total. The van der Waals surface area contributed by atoms with E-state index in [-0.39, 0.29) is 18.4 Å². The van der Waals surface area contributed by atoms with Crippen LogP contribution in [0.15, 0.2) is 18.2 Å². The zero-order chi connectivity index (χ0) is 12.6. The Bertz CT molecular complexity index is 447. The molecule has 1 aliphatic rings. The van der Waals surface area contributed by atoms with E-state index in [4.69, 9.17) is 0 Å². The first-order valence-electron chi connectivity index (χ1n) is 5.68. The first-order valence-corrected chi connectivity index (χ1v) is 5.68. The lowest BCUT2D eigenvalue weighted by atomic mass is 10.2. The van der Waals surface area contributed by atoms with Crippen molar-refractivity contribution in [2.75, 3.05) is 7.05 Å². The number of hydrogen-bond donors (Lipinski definition) is 0. The van der Waals surface area contributed by atoms with Crippen LogP contribution in [0.2, 0.25) is 0 Å². The lowest BCUT2D eigenvalue weighted by Crippen LogP contribution is -2.28. The van der Waals surface area contributed by atoms with Gasteiger partial charge in [-0.2, -0.15) is 0 Å². The predicted molar refractivity (Wildman–Crippen MR) is 60.1 cm³/mol. The van der Waals surface area contributed by atoms with Crippen LogP contribution in [-0.2, 0) is 11.3 Å². The van der Waals surface area contributed by atoms with Crippen molar-refractivity contribution in [3.8, 4) is 0 Å². The molecular formula is C13H15F2NO. The van der Waals surface area contributed by atoms with Crippen molar-refractivity contribution in [3.63, 3.8) is 0 Å². The first kappa shape index (κ1) is 12.0. The van der Waals surface area contributed by atoms with Gasteiger partial charge in [0.1, 0.15) is 11.6 Å². The van der Waals surface area contributed by atoms with Crippen molar-refractivity contribution < 1.29 is 13.6 Å². The Morgan fingerprint density at radius 1 is 1.47 bits per heavy atom. The molecule has 0 heterocycles. The van der Waals surface area contributed by atoms with E-state index in [9.17, 15) is 13.6 Å². The molecule has 2 atom stereocenters. The summed E-state index contributed by atoms with van der Waals surface area (Å²) in [7, 11) is 1.65. The van der Waals surface area contributed by atoms with Crippen LogP contribution < -0.4 is 0 Å². The van der Waals surface area contributed by atoms with Crippen LogP contribution in [0.4, 0.5) is 8.78 Å². The summed E-state index contributed by atoms with van der Waals surface area (Å²) < 4.78 is 26.1. The number of carbonyl (C=O) groups excluding carboxylic acids is 1. The van der Waals surface area contributed by atoms with Gasteiger partial charge in [-0.05, 0) is 18.4 Å². The highest BCUT2D eigenvalue weighted by molar-refractivity contribution is 5.81. The molecule has 1 aliphatic carbocycles. The van der Waals surface area contributed by atoms with E-state index in [0.717, 1.165) is 12.5 Å². The number of nitrogens with zero attached hydrogens (tertiary/aromatic N) is 1. The van der Waals surface area contributed by atoms with E-state index in [1.54, 1.807) is 7.05 Å². The summed E-state index contributed by atoms with van der Waals surface area (Å²) in [5.41, 5.74) is 0.343. The molecule has 0 N–H and O–H groups in total. The number of rotatable bonds is 3. The maximum atomic E-state index is 13.4. The third kappa shape index (κ3) is 2.62. The van der Waals surface area contributed by atoms with Crippen molar-refractivity contribution in [1.29, 1.82) is 0 Å². The van der Waals surface area contributed by atoms with Crippen molar-refractivity contribution in [1.82, 2.24) is 4.90 Å². The third-order valence-electron chi connectivity index (χ3n) is 3.23. The topological polar surface area (TPSA) is 20.3 Å². The summed E-state index contributed by atoms with van der Waals surface area (Å²) in [5, 5.41) is 0. The quantitative estimate of drug-likeness (QED) is 0.794. The molecule has 0 aliphatic heterocycles. The Kier molecular flexibility index (Phi) is 3.13. The molecule has 17 heavy (non-hydrogen) atoms. The summed E-state index contributed by atoms with van der Waals surface area (Å²) in [6.45, 7) is 2.21. The molecule has 1 aromatic rings. The average molecular weight is 239 g/mol. The van der Waals surface area contributed by atoms with Gasteiger partial charge in [-0.3, -0.25) is 4.79 Å². The van der Waals surface area contributed by atoms with Gasteiger partial charge in [0.05, 0.1) is 0 Å². The summed E-state index contributed by atoms with van der Waals surface area (Å²) in [5.74, 6) is -0.641. The highest BCUT2D eigenvalue weighted by Crippen LogP contribution is 2.39. The van der Waals surface area contributed by atoms with Gasteiger partial charge in [-0.25, -0.2) is 8.78 Å². The number of hydrogen-bond acceptors (Lipinski definition) is 1. The van der Waals surface area contributed by atoms with Crippen molar-refractivity contribution in [3.05, 3.63) is 35.4 Å². The normalized spacial score (nSPS) is 22.4. The van der Waals surface area contributed by atoms with E-state index in [2.05, 4.69) is 0 Å². The second kappa shape index (κ2) is 4.43. The standard InChI is InChI=1S/C13H15F2NO/c1-8-5-11(8)13(17)16(2)7-9-3-4-10(14)6-12(9)15/h3-4,6,8,11H,5,7H2,1-2H3. The van der Waals surface area contributed by atoms with Gasteiger partial charge in [0.15, 0.2) is 0 Å². The zero-order valence-electron chi connectivity index (χ0n) is 9.91. The highest BCUT2D eigenvalue weighted by atomic mass is 19.1. The SMILES string of the molecule is CC1CC1C(=O)N(C)Cc1ccc(F)cc1F. The number of carbonyl (C=O) groups is 1. The highest BCUT2D eigenvalue weighted by Gasteiger charge is 2.40. The lowest BCUT2D eigenvalue weighted by Gasteiger charge is -2.17. The maximum absolute atomic E-state index is 13.4. The van der Waals surface area contributed by atoms with Crippen molar-refractivity contribution >= 4 is 5.91 Å². The minimum atomic E-state index is -0.603. The van der Waals surface area contributed by atoms with E-state index < -0.39 is 11.6 Å². The Hall–Kier alpha value is -1.45. The Labute approximate surface area is 99.2 Å². The number of benzene rings is 1. The molecule has 0 bridgehead atoms. The molecule has 0 radical (unpaired) electrons. The molecule has 92 valence electrons. The summed E-state index contributed by atoms with van der Waals surface area (Å²) in [6.07, 6.45) is 0.912. The van der Waals surface area contributed by atoms with Crippen LogP contribution in [-0.4, -0.2) is 17.9 Å². The molecule has 0 spiro atoms. The van der Waals surface area contributed by atoms with Crippen LogP contribution in [0.5, 0.6) is 0 Å². The Morgan fingerprint density at radius 2 is 2.12 bits per heavy atom. The fourth-order valence-electron chi connectivity index (χ4n) is 1.93. The number of amides is 1. The zero-order valence-corrected chi connectivity index (χ0v) is 9.91. The van der Waals surface area contributed by atoms with Crippen LogP contribution in [0.3, 0.4) is 0 Å². The smallest absolute Gasteiger partial charge is 0.226 e. The van der Waals surface area contributed by atoms with Gasteiger partial charge in [0.2, 0.25) is 5.91 Å². The van der Waals surface area contributed by atoms with E-state index >= 15 is 0 Å². The van der Waals surface area contributed by atoms with Gasteiger partial charge in [0.25, 0.3) is 0 Å². The molecule has 1 saturated carbocycles. The predicted octanol–water partition coefficient (Wildman–Crippen LogP) is 2.58. The Morgan fingerprint density at radius 3 is 2.65 bits per heavy atom. The first-order chi connectivity index (χ1) is 7.99. The molecule has 2 unspecified atom stereocenters. The van der Waals surface area contributed by atoms with Gasteiger partial charge in [-0.1, -0.05) is 13.0 Å². The van der Waals surface area contributed by atoms with Gasteiger partial charge in [-0.15, -0.1) is 0 Å². The average Bonchev–Trinajstić information content (AvgIpc) is 2.98. The third-order valence-corrected chi connectivity index (χ3v) is 3.23. The largest absolute Gasteiger partial charge is 0.341 e. The van der Waals surface area contributed by atoms with Crippen LogP contribution in [0.25, 0.3) is 0 Å². The second-order valence-corrected chi connectivity index (χ2v) is 4.75. The van der Waals surface area contributed by atoms with Crippen LogP contribution >= 0.6 is 0 Å². The molecule has 2 rings (SSSR count). The second-order valence-electron chi connectivity index (χ2n) is 4.75. The lowest BCUT2D eigenvalue weighted by molar-refractivity contribution is -0.132. The molecule has 0 saturated heterocycles. The summed E-state index contributed by atoms with van der Waals surface area (Å²) >= 11 is 0. The maximum Gasteiger partial charge on any atom is 0.226 e. The van der Waals surface area contributed by atoms with E-state index in [0.29, 0.717) is 11.5 Å². The minimum Gasteiger partial charge on any atom is -0.341 e. The number of halogens is 2. The van der Waals surface area contributed by atoms with Crippen molar-refractivity contribution in [2.45, 2.75) is 19.9 Å². The van der Waals surface area contributed by atoms with Gasteiger partial charge < -0.3 is 4.90 Å². The van der Waals surface area contributed by atoms with Crippen molar-refractivity contribution in [2.24, 2.45) is 11.8 Å². The minimum absolute atomic E-state index is 0.0428. The molecule has 1 aromatic carbocycles. The monoisotopic (exact) mass is 239 g/mol. The summed E-state index contributed by atoms with van der Waals surface area (Å²) in [4.78, 5) is 13.3. The molecular weight excluding hydrogens is 224 g/mol. The van der Waals surface area contributed by atoms with E-state index in [1.807, 2.05) is 6.92 Å². The fourth-order valence-corrected chi connectivity index (χ4v) is 1.93. The van der Waals surface area contributed by atoms with Crippen LogP contribution in [0, 0.1) is 23.5 Å². The van der Waals surface area contributed by atoms with E-state index in [1.165, 1.54) is 17.0 Å². The molecule has 1 amide bonds. The Balaban J connectivity index is 2.02. The summed E-state index contributed by atoms with van der Waals surface area (Å²) in [6, 6.07) is 3.43. The van der Waals surface area contributed by atoms with Crippen LogP contribution in [0.1, 0.15) is 18.9 Å². The molecule has 0 aromatic heterocycles.